The lowest BCUT2D eigenvalue weighted by Gasteiger charge is -2.22. The number of piperidine rings is 1. The van der Waals surface area contributed by atoms with Gasteiger partial charge in [-0.05, 0) is 45.0 Å². The Balaban J connectivity index is 1.91. The molecule has 4 nitrogen and oxygen atoms in total. The Bertz CT molecular complexity index is 526. The average Bonchev–Trinajstić information content (AvgIpc) is 2.86. The van der Waals surface area contributed by atoms with Crippen molar-refractivity contribution < 1.29 is 0 Å². The van der Waals surface area contributed by atoms with Crippen LogP contribution in [0.2, 0.25) is 0 Å². The predicted octanol–water partition coefficient (Wildman–Crippen LogP) is 2.04. The molecule has 4 heteroatoms. The second kappa shape index (κ2) is 4.90. The molecule has 1 aliphatic heterocycles. The van der Waals surface area contributed by atoms with Crippen molar-refractivity contribution >= 4 is 0 Å². The lowest BCUT2D eigenvalue weighted by molar-refractivity contribution is 0.453. The Morgan fingerprint density at radius 2 is 2.11 bits per heavy atom. The van der Waals surface area contributed by atoms with Crippen molar-refractivity contribution in [2.75, 3.05) is 13.1 Å². The largest absolute Gasteiger partial charge is 0.317 e. The van der Waals surface area contributed by atoms with Gasteiger partial charge in [0.2, 0.25) is 0 Å². The SMILES string of the molecule is Cc1nccn1-c1cccc(C2CCNCC2)n1. The Labute approximate surface area is 107 Å². The van der Waals surface area contributed by atoms with E-state index in [-0.39, 0.29) is 0 Å². The molecule has 18 heavy (non-hydrogen) atoms. The Hall–Kier alpha value is -1.68. The molecule has 94 valence electrons. The molecule has 1 saturated heterocycles. The number of hydrogen-bond donors (Lipinski definition) is 1. The van der Waals surface area contributed by atoms with E-state index in [9.17, 15) is 0 Å². The van der Waals surface area contributed by atoms with E-state index in [4.69, 9.17) is 4.98 Å². The molecule has 0 bridgehead atoms. The summed E-state index contributed by atoms with van der Waals surface area (Å²) in [7, 11) is 0. The van der Waals surface area contributed by atoms with Gasteiger partial charge in [0, 0.05) is 24.0 Å². The highest BCUT2D eigenvalue weighted by Crippen LogP contribution is 2.24. The molecule has 2 aromatic rings. The minimum atomic E-state index is 0.593. The highest BCUT2D eigenvalue weighted by Gasteiger charge is 2.16. The third-order valence-corrected chi connectivity index (χ3v) is 3.59. The number of aromatic nitrogens is 3. The highest BCUT2D eigenvalue weighted by atomic mass is 15.1. The molecule has 0 radical (unpaired) electrons. The van der Waals surface area contributed by atoms with Gasteiger partial charge in [0.15, 0.2) is 0 Å². The Morgan fingerprint density at radius 1 is 1.28 bits per heavy atom. The molecular formula is C14H18N4. The van der Waals surface area contributed by atoms with E-state index in [1.54, 1.807) is 0 Å². The second-order valence-corrected chi connectivity index (χ2v) is 4.79. The maximum Gasteiger partial charge on any atom is 0.138 e. The smallest absolute Gasteiger partial charge is 0.138 e. The second-order valence-electron chi connectivity index (χ2n) is 4.79. The van der Waals surface area contributed by atoms with Crippen molar-refractivity contribution in [3.8, 4) is 5.82 Å². The van der Waals surface area contributed by atoms with Gasteiger partial charge in [-0.25, -0.2) is 9.97 Å². The maximum atomic E-state index is 4.79. The van der Waals surface area contributed by atoms with E-state index in [1.165, 1.54) is 18.5 Å². The molecule has 3 heterocycles. The van der Waals surface area contributed by atoms with Crippen LogP contribution < -0.4 is 5.32 Å². The fourth-order valence-electron chi connectivity index (χ4n) is 2.54. The van der Waals surface area contributed by atoms with Crippen LogP contribution in [0.5, 0.6) is 0 Å². The van der Waals surface area contributed by atoms with Crippen LogP contribution in [0, 0.1) is 6.92 Å². The van der Waals surface area contributed by atoms with E-state index in [0.717, 1.165) is 24.7 Å². The summed E-state index contributed by atoms with van der Waals surface area (Å²) in [5, 5.41) is 3.39. The van der Waals surface area contributed by atoms with Gasteiger partial charge in [-0.2, -0.15) is 0 Å². The summed E-state index contributed by atoms with van der Waals surface area (Å²) < 4.78 is 2.03. The first-order chi connectivity index (χ1) is 8.84. The third-order valence-electron chi connectivity index (χ3n) is 3.59. The molecule has 0 spiro atoms. The van der Waals surface area contributed by atoms with E-state index < -0.39 is 0 Å². The summed E-state index contributed by atoms with van der Waals surface area (Å²) in [5.74, 6) is 2.54. The van der Waals surface area contributed by atoms with Crippen molar-refractivity contribution in [1.29, 1.82) is 0 Å². The number of pyridine rings is 1. The summed E-state index contributed by atoms with van der Waals surface area (Å²) >= 11 is 0. The third kappa shape index (κ3) is 2.16. The topological polar surface area (TPSA) is 42.7 Å². The van der Waals surface area contributed by atoms with Crippen LogP contribution >= 0.6 is 0 Å². The summed E-state index contributed by atoms with van der Waals surface area (Å²) in [5.41, 5.74) is 1.21. The van der Waals surface area contributed by atoms with Crippen molar-refractivity contribution in [3.05, 3.63) is 42.1 Å². The zero-order valence-electron chi connectivity index (χ0n) is 10.6. The van der Waals surface area contributed by atoms with Crippen LogP contribution in [0.25, 0.3) is 5.82 Å². The summed E-state index contributed by atoms with van der Waals surface area (Å²) in [6.45, 7) is 4.19. The van der Waals surface area contributed by atoms with Crippen LogP contribution in [0.1, 0.15) is 30.3 Å². The number of aryl methyl sites for hydroxylation is 1. The summed E-state index contributed by atoms with van der Waals surface area (Å²) in [6, 6.07) is 6.28. The monoisotopic (exact) mass is 242 g/mol. The number of nitrogens with one attached hydrogen (secondary N) is 1. The molecule has 0 aromatic carbocycles. The predicted molar refractivity (Wildman–Crippen MR) is 70.9 cm³/mol. The van der Waals surface area contributed by atoms with Crippen molar-refractivity contribution in [2.24, 2.45) is 0 Å². The van der Waals surface area contributed by atoms with Crippen LogP contribution in [0.15, 0.2) is 30.6 Å². The number of rotatable bonds is 2. The molecule has 0 saturated carbocycles. The van der Waals surface area contributed by atoms with Gasteiger partial charge in [-0.15, -0.1) is 0 Å². The lowest BCUT2D eigenvalue weighted by atomic mass is 9.94. The van der Waals surface area contributed by atoms with E-state index in [0.29, 0.717) is 5.92 Å². The van der Waals surface area contributed by atoms with E-state index in [2.05, 4.69) is 22.4 Å². The first-order valence-electron chi connectivity index (χ1n) is 6.52. The van der Waals surface area contributed by atoms with Gasteiger partial charge in [-0.3, -0.25) is 4.57 Å². The fraction of sp³-hybridized carbons (Fsp3) is 0.429. The molecule has 1 aliphatic rings. The zero-order valence-corrected chi connectivity index (χ0v) is 10.6. The van der Waals surface area contributed by atoms with Crippen LogP contribution in [0.3, 0.4) is 0 Å². The summed E-state index contributed by atoms with van der Waals surface area (Å²) in [6.07, 6.45) is 6.14. The summed E-state index contributed by atoms with van der Waals surface area (Å²) in [4.78, 5) is 9.04. The molecule has 2 aromatic heterocycles. The van der Waals surface area contributed by atoms with E-state index >= 15 is 0 Å². The first kappa shape index (κ1) is 11.4. The average molecular weight is 242 g/mol. The van der Waals surface area contributed by atoms with E-state index in [1.807, 2.05) is 30.0 Å². The minimum absolute atomic E-state index is 0.593. The molecular weight excluding hydrogens is 224 g/mol. The van der Waals surface area contributed by atoms with Gasteiger partial charge in [0.05, 0.1) is 0 Å². The molecule has 0 unspecified atom stereocenters. The molecule has 1 fully saturated rings. The van der Waals surface area contributed by atoms with Crippen LogP contribution in [0.4, 0.5) is 0 Å². The standard InChI is InChI=1S/C14H18N4/c1-11-16-9-10-18(11)14-4-2-3-13(17-14)12-5-7-15-8-6-12/h2-4,9-10,12,15H,5-8H2,1H3. The number of hydrogen-bond acceptors (Lipinski definition) is 3. The van der Waals surface area contributed by atoms with Gasteiger partial charge in [0.25, 0.3) is 0 Å². The fourth-order valence-corrected chi connectivity index (χ4v) is 2.54. The number of imidazole rings is 1. The lowest BCUT2D eigenvalue weighted by Crippen LogP contribution is -2.27. The van der Waals surface area contributed by atoms with Crippen molar-refractivity contribution in [2.45, 2.75) is 25.7 Å². The quantitative estimate of drug-likeness (QED) is 0.876. The van der Waals surface area contributed by atoms with Gasteiger partial charge in [0.1, 0.15) is 11.6 Å². The molecule has 0 atom stereocenters. The number of nitrogens with zero attached hydrogens (tertiary/aromatic N) is 3. The molecule has 3 rings (SSSR count). The Kier molecular flexibility index (Phi) is 3.11. The highest BCUT2D eigenvalue weighted by molar-refractivity contribution is 5.28. The molecule has 1 N–H and O–H groups in total. The van der Waals surface area contributed by atoms with Crippen LogP contribution in [-0.4, -0.2) is 27.6 Å². The van der Waals surface area contributed by atoms with Gasteiger partial charge in [-0.1, -0.05) is 6.07 Å². The Morgan fingerprint density at radius 3 is 2.83 bits per heavy atom. The van der Waals surface area contributed by atoms with Crippen LogP contribution in [-0.2, 0) is 0 Å². The zero-order chi connectivity index (χ0) is 12.4. The van der Waals surface area contributed by atoms with Crippen molar-refractivity contribution in [3.63, 3.8) is 0 Å². The maximum absolute atomic E-state index is 4.79. The van der Waals surface area contributed by atoms with Gasteiger partial charge < -0.3 is 5.32 Å². The first-order valence-corrected chi connectivity index (χ1v) is 6.52. The molecule has 0 amide bonds. The normalized spacial score (nSPS) is 16.9. The van der Waals surface area contributed by atoms with Gasteiger partial charge >= 0.3 is 0 Å². The van der Waals surface area contributed by atoms with Crippen molar-refractivity contribution in [1.82, 2.24) is 19.9 Å². The molecule has 0 aliphatic carbocycles. The minimum Gasteiger partial charge on any atom is -0.317 e.